The lowest BCUT2D eigenvalue weighted by Crippen LogP contribution is -2.41. The molecule has 0 aliphatic rings. The van der Waals surface area contributed by atoms with Crippen LogP contribution in [0.1, 0.15) is 22.3 Å². The number of nitrogens with one attached hydrogen (secondary N) is 1. The molecular weight excluding hydrogens is 355 g/mol. The van der Waals surface area contributed by atoms with Crippen LogP contribution in [0.3, 0.4) is 0 Å². The Hall–Kier alpha value is -1.83. The monoisotopic (exact) mass is 365 g/mol. The first kappa shape index (κ1) is 17.2. The molecule has 0 heterocycles. The molecule has 0 fully saturated rings. The van der Waals surface area contributed by atoms with Crippen LogP contribution in [0, 0.1) is 0 Å². The van der Waals surface area contributed by atoms with E-state index in [0.29, 0.717) is 0 Å². The maximum absolute atomic E-state index is 12.9. The highest BCUT2D eigenvalue weighted by molar-refractivity contribution is 9.10. The fourth-order valence-electron chi connectivity index (χ4n) is 1.57. The van der Waals surface area contributed by atoms with Crippen LogP contribution in [-0.4, -0.2) is 23.0 Å². The zero-order valence-electron chi connectivity index (χ0n) is 10.6. The van der Waals surface area contributed by atoms with E-state index in [-0.39, 0.29) is 10.9 Å². The number of rotatable bonds is 5. The Morgan fingerprint density at radius 2 is 2.05 bits per heavy atom. The highest BCUT2D eigenvalue weighted by atomic mass is 79.9. The van der Waals surface area contributed by atoms with E-state index < -0.39 is 35.2 Å². The molecule has 0 saturated carbocycles. The van der Waals surface area contributed by atoms with Crippen LogP contribution < -0.4 is 5.32 Å². The number of carboxylic acids is 1. The molecule has 1 rings (SSSR count). The molecule has 0 spiro atoms. The van der Waals surface area contributed by atoms with Crippen LogP contribution in [-0.2, 0) is 11.0 Å². The van der Waals surface area contributed by atoms with Gasteiger partial charge in [0.05, 0.1) is 11.1 Å². The lowest BCUT2D eigenvalue weighted by molar-refractivity contribution is -0.139. The van der Waals surface area contributed by atoms with Crippen molar-refractivity contribution >= 4 is 27.8 Å². The number of carbonyl (C=O) groups excluding carboxylic acids is 1. The van der Waals surface area contributed by atoms with E-state index in [1.165, 1.54) is 12.1 Å². The largest absolute Gasteiger partial charge is 0.480 e. The van der Waals surface area contributed by atoms with Gasteiger partial charge < -0.3 is 10.4 Å². The Labute approximate surface area is 126 Å². The standard InChI is InChI=1S/C13H11BrF3NO3/c1-2-3-10(12(20)21)18-11(19)8-5-4-7(14)6-9(8)13(15,16)17/h2,4-6,10H,1,3H2,(H,18,19)(H,20,21). The summed E-state index contributed by atoms with van der Waals surface area (Å²) in [6.07, 6.45) is -3.57. The number of halogens is 4. The van der Waals surface area contributed by atoms with Gasteiger partial charge in [0.15, 0.2) is 0 Å². The molecular formula is C13H11BrF3NO3. The number of hydrogen-bond donors (Lipinski definition) is 2. The quantitative estimate of drug-likeness (QED) is 0.787. The lowest BCUT2D eigenvalue weighted by Gasteiger charge is -2.16. The molecule has 114 valence electrons. The minimum absolute atomic E-state index is 0.0983. The third-order valence-electron chi connectivity index (χ3n) is 2.54. The summed E-state index contributed by atoms with van der Waals surface area (Å²) >= 11 is 2.90. The van der Waals surface area contributed by atoms with E-state index >= 15 is 0 Å². The second-order valence-electron chi connectivity index (χ2n) is 4.08. The first-order valence-electron chi connectivity index (χ1n) is 5.68. The molecule has 2 N–H and O–H groups in total. The van der Waals surface area contributed by atoms with Crippen LogP contribution >= 0.6 is 15.9 Å². The molecule has 0 aliphatic carbocycles. The van der Waals surface area contributed by atoms with Crippen molar-refractivity contribution in [2.45, 2.75) is 18.6 Å². The van der Waals surface area contributed by atoms with Crippen molar-refractivity contribution in [3.8, 4) is 0 Å². The smallest absolute Gasteiger partial charge is 0.417 e. The van der Waals surface area contributed by atoms with E-state index in [4.69, 9.17) is 5.11 Å². The second-order valence-corrected chi connectivity index (χ2v) is 4.99. The summed E-state index contributed by atoms with van der Waals surface area (Å²) in [4.78, 5) is 22.8. The molecule has 21 heavy (non-hydrogen) atoms. The summed E-state index contributed by atoms with van der Waals surface area (Å²) in [6, 6.07) is 1.68. The number of aliphatic carboxylic acids is 1. The maximum atomic E-state index is 12.9. The Morgan fingerprint density at radius 3 is 2.52 bits per heavy atom. The lowest BCUT2D eigenvalue weighted by atomic mass is 10.1. The van der Waals surface area contributed by atoms with Crippen molar-refractivity contribution in [2.24, 2.45) is 0 Å². The number of benzene rings is 1. The normalized spacial score (nSPS) is 12.6. The fraction of sp³-hybridized carbons (Fsp3) is 0.231. The average molecular weight is 366 g/mol. The zero-order chi connectivity index (χ0) is 16.2. The molecule has 0 aliphatic heterocycles. The Balaban J connectivity index is 3.13. The number of amides is 1. The topological polar surface area (TPSA) is 66.4 Å². The Bertz CT molecular complexity index is 572. The summed E-state index contributed by atoms with van der Waals surface area (Å²) in [6.45, 7) is 3.33. The van der Waals surface area contributed by atoms with E-state index in [9.17, 15) is 22.8 Å². The molecule has 1 aromatic rings. The summed E-state index contributed by atoms with van der Waals surface area (Å²) in [5, 5.41) is 10.9. The van der Waals surface area contributed by atoms with Crippen molar-refractivity contribution in [1.29, 1.82) is 0 Å². The first-order chi connectivity index (χ1) is 9.66. The maximum Gasteiger partial charge on any atom is 0.417 e. The number of hydrogen-bond acceptors (Lipinski definition) is 2. The number of carbonyl (C=O) groups is 2. The van der Waals surface area contributed by atoms with Gasteiger partial charge in [-0.15, -0.1) is 6.58 Å². The molecule has 0 radical (unpaired) electrons. The molecule has 4 nitrogen and oxygen atoms in total. The zero-order valence-corrected chi connectivity index (χ0v) is 12.2. The molecule has 1 atom stereocenters. The fourth-order valence-corrected chi connectivity index (χ4v) is 1.93. The van der Waals surface area contributed by atoms with Gasteiger partial charge in [0.1, 0.15) is 6.04 Å². The highest BCUT2D eigenvalue weighted by Gasteiger charge is 2.36. The highest BCUT2D eigenvalue weighted by Crippen LogP contribution is 2.33. The van der Waals surface area contributed by atoms with Crippen LogP contribution in [0.2, 0.25) is 0 Å². The predicted molar refractivity (Wildman–Crippen MR) is 72.8 cm³/mol. The van der Waals surface area contributed by atoms with Crippen LogP contribution in [0.25, 0.3) is 0 Å². The summed E-state index contributed by atoms with van der Waals surface area (Å²) < 4.78 is 38.9. The molecule has 8 heteroatoms. The molecule has 0 aromatic heterocycles. The molecule has 1 aromatic carbocycles. The van der Waals surface area contributed by atoms with Gasteiger partial charge in [-0.2, -0.15) is 13.2 Å². The summed E-state index contributed by atoms with van der Waals surface area (Å²) in [5.41, 5.74) is -1.78. The van der Waals surface area contributed by atoms with E-state index in [1.54, 1.807) is 0 Å². The van der Waals surface area contributed by atoms with Gasteiger partial charge in [-0.1, -0.05) is 22.0 Å². The minimum atomic E-state index is -4.73. The average Bonchev–Trinajstić information content (AvgIpc) is 2.36. The number of carboxylic acid groups (broad SMARTS) is 1. The van der Waals surface area contributed by atoms with Gasteiger partial charge in [-0.25, -0.2) is 4.79 Å². The minimum Gasteiger partial charge on any atom is -0.480 e. The van der Waals surface area contributed by atoms with Gasteiger partial charge in [0, 0.05) is 4.47 Å². The van der Waals surface area contributed by atoms with Gasteiger partial charge in [-0.3, -0.25) is 4.79 Å². The second kappa shape index (κ2) is 6.75. The third-order valence-corrected chi connectivity index (χ3v) is 3.03. The molecule has 0 bridgehead atoms. The molecule has 1 amide bonds. The number of alkyl halides is 3. The summed E-state index contributed by atoms with van der Waals surface area (Å²) in [7, 11) is 0. The van der Waals surface area contributed by atoms with Crippen molar-refractivity contribution in [3.05, 3.63) is 46.5 Å². The van der Waals surface area contributed by atoms with Crippen LogP contribution in [0.5, 0.6) is 0 Å². The molecule has 0 saturated heterocycles. The van der Waals surface area contributed by atoms with Gasteiger partial charge in [-0.05, 0) is 24.6 Å². The van der Waals surface area contributed by atoms with E-state index in [0.717, 1.165) is 12.1 Å². The van der Waals surface area contributed by atoms with Gasteiger partial charge in [0.2, 0.25) is 0 Å². The van der Waals surface area contributed by atoms with Crippen LogP contribution in [0.15, 0.2) is 35.3 Å². The van der Waals surface area contributed by atoms with Crippen molar-refractivity contribution < 1.29 is 27.9 Å². The van der Waals surface area contributed by atoms with E-state index in [2.05, 4.69) is 22.5 Å². The third kappa shape index (κ3) is 4.59. The van der Waals surface area contributed by atoms with E-state index in [1.807, 2.05) is 5.32 Å². The van der Waals surface area contributed by atoms with Crippen molar-refractivity contribution in [1.82, 2.24) is 5.32 Å². The van der Waals surface area contributed by atoms with Gasteiger partial charge >= 0.3 is 12.1 Å². The molecule has 1 unspecified atom stereocenters. The van der Waals surface area contributed by atoms with Gasteiger partial charge in [0.25, 0.3) is 5.91 Å². The Kier molecular flexibility index (Phi) is 5.54. The Morgan fingerprint density at radius 1 is 1.43 bits per heavy atom. The predicted octanol–water partition coefficient (Wildman–Crippen LogP) is 3.23. The van der Waals surface area contributed by atoms with Crippen LogP contribution in [0.4, 0.5) is 13.2 Å². The SMILES string of the molecule is C=CCC(NC(=O)c1ccc(Br)cc1C(F)(F)F)C(=O)O. The summed E-state index contributed by atoms with van der Waals surface area (Å²) in [5.74, 6) is -2.46. The van der Waals surface area contributed by atoms with Crippen molar-refractivity contribution in [2.75, 3.05) is 0 Å². The van der Waals surface area contributed by atoms with Crippen molar-refractivity contribution in [3.63, 3.8) is 0 Å². The first-order valence-corrected chi connectivity index (χ1v) is 6.47.